The maximum Gasteiger partial charge on any atom is 0.279 e. The Hall–Kier alpha value is -2.57. The van der Waals surface area contributed by atoms with E-state index in [1.54, 1.807) is 0 Å². The lowest BCUT2D eigenvalue weighted by Gasteiger charge is -2.11. The fourth-order valence-electron chi connectivity index (χ4n) is 1.80. The number of benzene rings is 1. The zero-order chi connectivity index (χ0) is 14.7. The van der Waals surface area contributed by atoms with Gasteiger partial charge in [0.25, 0.3) is 5.56 Å². The van der Waals surface area contributed by atoms with Gasteiger partial charge in [0, 0.05) is 12.3 Å². The first-order valence-electron chi connectivity index (χ1n) is 5.73. The summed E-state index contributed by atoms with van der Waals surface area (Å²) in [6.07, 6.45) is 1.46. The number of aromatic nitrogens is 2. The molecule has 5 nitrogen and oxygen atoms in total. The molecule has 7 heteroatoms. The molecule has 1 aromatic carbocycles. The van der Waals surface area contributed by atoms with Crippen molar-refractivity contribution < 1.29 is 8.78 Å². The first-order valence-corrected chi connectivity index (χ1v) is 5.73. The Kier molecular flexibility index (Phi) is 3.88. The highest BCUT2D eigenvalue weighted by atomic mass is 19.1. The van der Waals surface area contributed by atoms with Crippen molar-refractivity contribution in [2.45, 2.75) is 13.1 Å². The van der Waals surface area contributed by atoms with Gasteiger partial charge in [-0.05, 0) is 24.4 Å². The number of nitrogen functional groups attached to an aromatic ring is 1. The number of halogens is 2. The minimum Gasteiger partial charge on any atom is -0.369 e. The number of rotatable bonds is 4. The summed E-state index contributed by atoms with van der Waals surface area (Å²) >= 11 is 0. The van der Waals surface area contributed by atoms with Gasteiger partial charge in [0.1, 0.15) is 11.6 Å². The zero-order valence-electron chi connectivity index (χ0n) is 10.5. The number of hydrogen-bond acceptors (Lipinski definition) is 4. The first-order chi connectivity index (χ1) is 9.49. The van der Waals surface area contributed by atoms with E-state index in [-0.39, 0.29) is 19.0 Å². The summed E-state index contributed by atoms with van der Waals surface area (Å²) < 4.78 is 27.7. The van der Waals surface area contributed by atoms with Gasteiger partial charge in [-0.15, -0.1) is 0 Å². The molecule has 20 heavy (non-hydrogen) atoms. The number of hydrogen-bond donors (Lipinski definition) is 1. The van der Waals surface area contributed by atoms with Crippen molar-refractivity contribution in [2.75, 3.05) is 5.73 Å². The van der Waals surface area contributed by atoms with Crippen LogP contribution in [0.2, 0.25) is 0 Å². The molecule has 1 aromatic heterocycles. The molecule has 0 aliphatic rings. The van der Waals surface area contributed by atoms with Crippen LogP contribution in [0.3, 0.4) is 0 Å². The van der Waals surface area contributed by atoms with Crippen LogP contribution in [0.1, 0.15) is 11.1 Å². The van der Waals surface area contributed by atoms with Crippen LogP contribution in [0.15, 0.2) is 34.2 Å². The molecule has 0 atom stereocenters. The summed E-state index contributed by atoms with van der Waals surface area (Å²) in [7, 11) is 0. The molecule has 0 aliphatic heterocycles. The van der Waals surface area contributed by atoms with E-state index in [0.717, 1.165) is 6.07 Å². The van der Waals surface area contributed by atoms with Crippen LogP contribution in [-0.2, 0) is 13.1 Å². The Bertz CT molecular complexity index is 692. The van der Waals surface area contributed by atoms with Crippen molar-refractivity contribution in [3.63, 3.8) is 0 Å². The lowest BCUT2D eigenvalue weighted by Crippen LogP contribution is -2.21. The van der Waals surface area contributed by atoms with Crippen LogP contribution in [-0.4, -0.2) is 16.3 Å². The van der Waals surface area contributed by atoms with Crippen LogP contribution in [0.5, 0.6) is 0 Å². The molecule has 0 fully saturated rings. The summed E-state index contributed by atoms with van der Waals surface area (Å²) in [4.78, 5) is 18.8. The van der Waals surface area contributed by atoms with E-state index in [9.17, 15) is 13.6 Å². The second-order valence-corrected chi connectivity index (χ2v) is 4.22. The predicted molar refractivity (Wildman–Crippen MR) is 71.6 cm³/mol. The van der Waals surface area contributed by atoms with Crippen LogP contribution in [0, 0.1) is 11.6 Å². The van der Waals surface area contributed by atoms with Gasteiger partial charge in [0.05, 0.1) is 18.7 Å². The fraction of sp³-hybridized carbons (Fsp3) is 0.154. The maximum atomic E-state index is 13.1. The Balaban J connectivity index is 2.39. The Labute approximate surface area is 113 Å². The topological polar surface area (TPSA) is 73.3 Å². The summed E-state index contributed by atoms with van der Waals surface area (Å²) in [5, 5.41) is 0. The molecule has 2 aromatic rings. The minimum absolute atomic E-state index is 0.0347. The highest BCUT2D eigenvalue weighted by Crippen LogP contribution is 2.11. The van der Waals surface area contributed by atoms with Gasteiger partial charge in [-0.3, -0.25) is 9.79 Å². The summed E-state index contributed by atoms with van der Waals surface area (Å²) in [6.45, 7) is 3.50. The second kappa shape index (κ2) is 5.60. The fourth-order valence-corrected chi connectivity index (χ4v) is 1.80. The van der Waals surface area contributed by atoms with Gasteiger partial charge in [-0.2, -0.15) is 4.98 Å². The third-order valence-electron chi connectivity index (χ3n) is 2.65. The highest BCUT2D eigenvalue weighted by Gasteiger charge is 2.07. The maximum absolute atomic E-state index is 13.1. The Morgan fingerprint density at radius 2 is 1.95 bits per heavy atom. The summed E-state index contributed by atoms with van der Waals surface area (Å²) in [5.41, 5.74) is 5.82. The quantitative estimate of drug-likeness (QED) is 0.858. The number of aliphatic imine (C=N–C) groups is 1. The van der Waals surface area contributed by atoms with Gasteiger partial charge in [0.15, 0.2) is 0 Å². The number of nitrogens with two attached hydrogens (primary N) is 1. The van der Waals surface area contributed by atoms with Crippen molar-refractivity contribution in [3.8, 4) is 0 Å². The van der Waals surface area contributed by atoms with Gasteiger partial charge in [-0.25, -0.2) is 8.78 Å². The standard InChI is InChI=1S/C13H12F2N4O/c1-17-5-9-7-19(13(16)18-12(9)20)6-8-2-10(14)4-11(15)3-8/h2-4,7H,1,5-6H2,(H2,16,18,20). The lowest BCUT2D eigenvalue weighted by atomic mass is 10.2. The summed E-state index contributed by atoms with van der Waals surface area (Å²) in [5.74, 6) is -1.39. The van der Waals surface area contributed by atoms with E-state index in [2.05, 4.69) is 16.7 Å². The van der Waals surface area contributed by atoms with E-state index in [1.807, 2.05) is 0 Å². The molecule has 104 valence electrons. The van der Waals surface area contributed by atoms with Crippen molar-refractivity contribution in [2.24, 2.45) is 4.99 Å². The van der Waals surface area contributed by atoms with Gasteiger partial charge in [-0.1, -0.05) is 0 Å². The second-order valence-electron chi connectivity index (χ2n) is 4.22. The monoisotopic (exact) mass is 278 g/mol. The van der Waals surface area contributed by atoms with E-state index >= 15 is 0 Å². The van der Waals surface area contributed by atoms with Crippen LogP contribution in [0.25, 0.3) is 0 Å². The average molecular weight is 278 g/mol. The normalized spacial score (nSPS) is 10.5. The van der Waals surface area contributed by atoms with Gasteiger partial charge < -0.3 is 10.3 Å². The average Bonchev–Trinajstić information content (AvgIpc) is 2.34. The third kappa shape index (κ3) is 3.05. The van der Waals surface area contributed by atoms with E-state index in [1.165, 1.54) is 22.9 Å². The molecule has 1 heterocycles. The van der Waals surface area contributed by atoms with Crippen molar-refractivity contribution in [1.29, 1.82) is 0 Å². The molecular formula is C13H12F2N4O. The molecular weight excluding hydrogens is 266 g/mol. The molecule has 2 N–H and O–H groups in total. The molecule has 0 saturated heterocycles. The molecule has 0 saturated carbocycles. The molecule has 0 aliphatic carbocycles. The van der Waals surface area contributed by atoms with E-state index in [4.69, 9.17) is 5.73 Å². The highest BCUT2D eigenvalue weighted by molar-refractivity contribution is 5.27. The molecule has 0 radical (unpaired) electrons. The third-order valence-corrected chi connectivity index (χ3v) is 2.65. The molecule has 0 bridgehead atoms. The van der Waals surface area contributed by atoms with Crippen LogP contribution >= 0.6 is 0 Å². The number of anilines is 1. The predicted octanol–water partition coefficient (Wildman–Crippen LogP) is 1.35. The lowest BCUT2D eigenvalue weighted by molar-refractivity contribution is 0.577. The van der Waals surface area contributed by atoms with Crippen molar-refractivity contribution >= 4 is 12.7 Å². The molecule has 0 spiro atoms. The van der Waals surface area contributed by atoms with E-state index < -0.39 is 17.2 Å². The van der Waals surface area contributed by atoms with Crippen LogP contribution in [0.4, 0.5) is 14.7 Å². The SMILES string of the molecule is C=NCc1cn(Cc2cc(F)cc(F)c2)c(N)nc1=O. The Morgan fingerprint density at radius 3 is 2.55 bits per heavy atom. The first kappa shape index (κ1) is 13.9. The van der Waals surface area contributed by atoms with Gasteiger partial charge in [0.2, 0.25) is 5.95 Å². The smallest absolute Gasteiger partial charge is 0.279 e. The minimum atomic E-state index is -0.680. The molecule has 0 amide bonds. The summed E-state index contributed by atoms with van der Waals surface area (Å²) in [6, 6.07) is 3.15. The van der Waals surface area contributed by atoms with Crippen molar-refractivity contribution in [3.05, 3.63) is 57.5 Å². The Morgan fingerprint density at radius 1 is 1.30 bits per heavy atom. The van der Waals surface area contributed by atoms with Crippen LogP contribution < -0.4 is 11.3 Å². The molecule has 2 rings (SSSR count). The number of nitrogens with zero attached hydrogens (tertiary/aromatic N) is 3. The van der Waals surface area contributed by atoms with E-state index in [0.29, 0.717) is 11.1 Å². The largest absolute Gasteiger partial charge is 0.369 e. The van der Waals surface area contributed by atoms with Crippen molar-refractivity contribution in [1.82, 2.24) is 9.55 Å². The zero-order valence-corrected chi connectivity index (χ0v) is 10.5. The molecule has 0 unspecified atom stereocenters. The van der Waals surface area contributed by atoms with Gasteiger partial charge >= 0.3 is 0 Å².